The molecule has 0 fully saturated rings. The van der Waals surface area contributed by atoms with Gasteiger partial charge in [-0.3, -0.25) is 4.79 Å². The molecule has 17 heavy (non-hydrogen) atoms. The zero-order chi connectivity index (χ0) is 12.1. The molecule has 0 saturated carbocycles. The normalized spacial score (nSPS) is 10.2. The maximum atomic E-state index is 11.0. The first-order valence-corrected chi connectivity index (χ1v) is 5.48. The molecule has 0 heterocycles. The molecule has 0 spiro atoms. The number of hydrogen-bond donors (Lipinski definition) is 0. The molecule has 2 rings (SSSR count). The molecule has 2 heteroatoms. The van der Waals surface area contributed by atoms with E-state index in [-0.39, 0.29) is 0 Å². The molecule has 0 atom stereocenters. The number of rotatable bonds is 4. The van der Waals surface area contributed by atoms with Crippen molar-refractivity contribution in [2.45, 2.75) is 6.61 Å². The van der Waals surface area contributed by atoms with Gasteiger partial charge in [0.15, 0.2) is 6.29 Å². The predicted molar refractivity (Wildman–Crippen MR) is 68.0 cm³/mol. The second-order valence-electron chi connectivity index (χ2n) is 3.80. The minimum Gasteiger partial charge on any atom is -0.380 e. The standard InChI is InChI=1S/C15H14O2/c1-17-11-13-7-3-5-9-15(13)14-8-4-2-6-12(14)10-16/h2-10H,11H2,1H3. The van der Waals surface area contributed by atoms with Gasteiger partial charge >= 0.3 is 0 Å². The number of benzene rings is 2. The summed E-state index contributed by atoms with van der Waals surface area (Å²) in [7, 11) is 1.67. The summed E-state index contributed by atoms with van der Waals surface area (Å²) >= 11 is 0. The van der Waals surface area contributed by atoms with Crippen LogP contribution >= 0.6 is 0 Å². The minimum atomic E-state index is 0.545. The van der Waals surface area contributed by atoms with Crippen LogP contribution in [0.4, 0.5) is 0 Å². The Kier molecular flexibility index (Phi) is 3.68. The average molecular weight is 226 g/mol. The molecule has 0 N–H and O–H groups in total. The lowest BCUT2D eigenvalue weighted by molar-refractivity contribution is 0.112. The number of carbonyl (C=O) groups excluding carboxylic acids is 1. The highest BCUT2D eigenvalue weighted by Crippen LogP contribution is 2.26. The summed E-state index contributed by atoms with van der Waals surface area (Å²) in [5.74, 6) is 0. The minimum absolute atomic E-state index is 0.545. The molecular weight excluding hydrogens is 212 g/mol. The van der Waals surface area contributed by atoms with Crippen molar-refractivity contribution in [3.63, 3.8) is 0 Å². The molecule has 0 saturated heterocycles. The van der Waals surface area contributed by atoms with E-state index in [1.165, 1.54) is 0 Å². The summed E-state index contributed by atoms with van der Waals surface area (Å²) in [5.41, 5.74) is 3.80. The van der Waals surface area contributed by atoms with Crippen molar-refractivity contribution >= 4 is 6.29 Å². The highest BCUT2D eigenvalue weighted by Gasteiger charge is 2.07. The van der Waals surface area contributed by atoms with Crippen LogP contribution in [-0.4, -0.2) is 13.4 Å². The summed E-state index contributed by atoms with van der Waals surface area (Å²) < 4.78 is 5.18. The maximum Gasteiger partial charge on any atom is 0.150 e. The zero-order valence-electron chi connectivity index (χ0n) is 9.72. The topological polar surface area (TPSA) is 26.3 Å². The summed E-state index contributed by atoms with van der Waals surface area (Å²) in [4.78, 5) is 11.0. The van der Waals surface area contributed by atoms with Gasteiger partial charge in [-0.2, -0.15) is 0 Å². The smallest absolute Gasteiger partial charge is 0.150 e. The molecule has 0 unspecified atom stereocenters. The van der Waals surface area contributed by atoms with Crippen molar-refractivity contribution in [2.75, 3.05) is 7.11 Å². The van der Waals surface area contributed by atoms with Crippen LogP contribution in [0.25, 0.3) is 11.1 Å². The van der Waals surface area contributed by atoms with Crippen molar-refractivity contribution in [3.05, 3.63) is 59.7 Å². The molecule has 0 aliphatic carbocycles. The van der Waals surface area contributed by atoms with Gasteiger partial charge in [-0.15, -0.1) is 0 Å². The average Bonchev–Trinajstić information content (AvgIpc) is 2.40. The van der Waals surface area contributed by atoms with Gasteiger partial charge in [0.1, 0.15) is 0 Å². The molecule has 2 nitrogen and oxygen atoms in total. The monoisotopic (exact) mass is 226 g/mol. The molecule has 86 valence electrons. The van der Waals surface area contributed by atoms with Crippen molar-refractivity contribution in [1.29, 1.82) is 0 Å². The summed E-state index contributed by atoms with van der Waals surface area (Å²) in [6.07, 6.45) is 0.888. The van der Waals surface area contributed by atoms with E-state index in [1.807, 2.05) is 48.5 Å². The van der Waals surface area contributed by atoms with Gasteiger partial charge in [-0.25, -0.2) is 0 Å². The predicted octanol–water partition coefficient (Wildman–Crippen LogP) is 3.31. The molecule has 0 radical (unpaired) electrons. The highest BCUT2D eigenvalue weighted by molar-refractivity contribution is 5.88. The van der Waals surface area contributed by atoms with Crippen molar-refractivity contribution in [2.24, 2.45) is 0 Å². The fraction of sp³-hybridized carbons (Fsp3) is 0.133. The number of carbonyl (C=O) groups is 1. The van der Waals surface area contributed by atoms with Gasteiger partial charge in [0.2, 0.25) is 0 Å². The molecular formula is C15H14O2. The molecule has 2 aromatic rings. The molecule has 2 aromatic carbocycles. The molecule has 0 aliphatic rings. The molecule has 0 aromatic heterocycles. The van der Waals surface area contributed by atoms with Crippen LogP contribution in [0.3, 0.4) is 0 Å². The van der Waals surface area contributed by atoms with Crippen LogP contribution in [0.2, 0.25) is 0 Å². The van der Waals surface area contributed by atoms with E-state index >= 15 is 0 Å². The van der Waals surface area contributed by atoms with Crippen molar-refractivity contribution in [3.8, 4) is 11.1 Å². The maximum absolute atomic E-state index is 11.0. The van der Waals surface area contributed by atoms with Gasteiger partial charge < -0.3 is 4.74 Å². The van der Waals surface area contributed by atoms with Crippen LogP contribution in [0.1, 0.15) is 15.9 Å². The van der Waals surface area contributed by atoms with Crippen LogP contribution in [-0.2, 0) is 11.3 Å². The second kappa shape index (κ2) is 5.41. The lowest BCUT2D eigenvalue weighted by atomic mass is 9.96. The van der Waals surface area contributed by atoms with E-state index in [2.05, 4.69) is 0 Å². The number of methoxy groups -OCH3 is 1. The van der Waals surface area contributed by atoms with E-state index in [9.17, 15) is 4.79 Å². The fourth-order valence-electron chi connectivity index (χ4n) is 1.91. The number of aldehydes is 1. The van der Waals surface area contributed by atoms with Crippen molar-refractivity contribution < 1.29 is 9.53 Å². The van der Waals surface area contributed by atoms with E-state index in [0.29, 0.717) is 12.2 Å². The summed E-state index contributed by atoms with van der Waals surface area (Å²) in [6.45, 7) is 0.545. The van der Waals surface area contributed by atoms with E-state index in [1.54, 1.807) is 7.11 Å². The first kappa shape index (κ1) is 11.6. The van der Waals surface area contributed by atoms with Gasteiger partial charge in [-0.05, 0) is 16.7 Å². The summed E-state index contributed by atoms with van der Waals surface area (Å²) in [5, 5.41) is 0. The second-order valence-corrected chi connectivity index (χ2v) is 3.80. The van der Waals surface area contributed by atoms with E-state index in [4.69, 9.17) is 4.74 Å². The molecule has 0 amide bonds. The van der Waals surface area contributed by atoms with Crippen LogP contribution in [0.5, 0.6) is 0 Å². The van der Waals surface area contributed by atoms with E-state index < -0.39 is 0 Å². The fourth-order valence-corrected chi connectivity index (χ4v) is 1.91. The van der Waals surface area contributed by atoms with Gasteiger partial charge in [0, 0.05) is 12.7 Å². The largest absolute Gasteiger partial charge is 0.380 e. The van der Waals surface area contributed by atoms with Gasteiger partial charge in [-0.1, -0.05) is 48.5 Å². The van der Waals surface area contributed by atoms with E-state index in [0.717, 1.165) is 23.0 Å². The lowest BCUT2D eigenvalue weighted by Crippen LogP contribution is -1.94. The number of ether oxygens (including phenoxy) is 1. The first-order valence-electron chi connectivity index (χ1n) is 5.48. The SMILES string of the molecule is COCc1ccccc1-c1ccccc1C=O. The first-order chi connectivity index (χ1) is 8.36. The van der Waals surface area contributed by atoms with Gasteiger partial charge in [0.25, 0.3) is 0 Å². The third kappa shape index (κ3) is 2.43. The van der Waals surface area contributed by atoms with Crippen molar-refractivity contribution in [1.82, 2.24) is 0 Å². The Morgan fingerprint density at radius 1 is 1.00 bits per heavy atom. The van der Waals surface area contributed by atoms with Gasteiger partial charge in [0.05, 0.1) is 6.61 Å². The summed E-state index contributed by atoms with van der Waals surface area (Å²) in [6, 6.07) is 15.6. The third-order valence-corrected chi connectivity index (χ3v) is 2.70. The molecule has 0 aliphatic heterocycles. The number of hydrogen-bond acceptors (Lipinski definition) is 2. The van der Waals surface area contributed by atoms with Crippen LogP contribution in [0.15, 0.2) is 48.5 Å². The quantitative estimate of drug-likeness (QED) is 0.747. The molecule has 0 bridgehead atoms. The Hall–Kier alpha value is -1.93. The Balaban J connectivity index is 2.55. The Morgan fingerprint density at radius 2 is 1.65 bits per heavy atom. The Morgan fingerprint density at radius 3 is 2.35 bits per heavy atom. The van der Waals surface area contributed by atoms with Crippen LogP contribution in [0, 0.1) is 0 Å². The van der Waals surface area contributed by atoms with Crippen LogP contribution < -0.4 is 0 Å². The Labute approximate surface area is 101 Å². The highest BCUT2D eigenvalue weighted by atomic mass is 16.5. The Bertz CT molecular complexity index is 518. The zero-order valence-corrected chi connectivity index (χ0v) is 9.72. The lowest BCUT2D eigenvalue weighted by Gasteiger charge is -2.10. The third-order valence-electron chi connectivity index (χ3n) is 2.70.